The van der Waals surface area contributed by atoms with Gasteiger partial charge >= 0.3 is 0 Å². The van der Waals surface area contributed by atoms with E-state index < -0.39 is 0 Å². The molecule has 0 radical (unpaired) electrons. The van der Waals surface area contributed by atoms with Gasteiger partial charge in [0.1, 0.15) is 0 Å². The van der Waals surface area contributed by atoms with Gasteiger partial charge in [-0.3, -0.25) is 0 Å². The fourth-order valence-corrected chi connectivity index (χ4v) is 3.69. The van der Waals surface area contributed by atoms with Crippen molar-refractivity contribution >= 4 is 0 Å². The molecule has 2 saturated carbocycles. The van der Waals surface area contributed by atoms with Gasteiger partial charge in [-0.25, -0.2) is 0 Å². The highest BCUT2D eigenvalue weighted by Gasteiger charge is 2.22. The first-order valence-corrected chi connectivity index (χ1v) is 7.61. The summed E-state index contributed by atoms with van der Waals surface area (Å²) < 4.78 is 0. The van der Waals surface area contributed by atoms with Gasteiger partial charge in [0.15, 0.2) is 0 Å². The Kier molecular flexibility index (Phi) is 5.15. The van der Waals surface area contributed by atoms with E-state index in [9.17, 15) is 0 Å². The average molecular weight is 223 g/mol. The highest BCUT2D eigenvalue weighted by molar-refractivity contribution is 4.76. The molecule has 1 heteroatoms. The molecule has 2 rings (SSSR count). The summed E-state index contributed by atoms with van der Waals surface area (Å²) in [5.74, 6) is 2.07. The average Bonchev–Trinajstić information content (AvgIpc) is 2.91. The predicted molar refractivity (Wildman–Crippen MR) is 70.6 cm³/mol. The second-order valence-corrected chi connectivity index (χ2v) is 6.06. The quantitative estimate of drug-likeness (QED) is 0.656. The number of rotatable bonds is 6. The van der Waals surface area contributed by atoms with E-state index in [1.54, 1.807) is 0 Å². The number of nitrogens with zero attached hydrogens (tertiary/aromatic N) is 1. The van der Waals surface area contributed by atoms with Crippen LogP contribution in [0, 0.1) is 11.8 Å². The first-order valence-electron chi connectivity index (χ1n) is 7.61. The Bertz CT molecular complexity index is 160. The van der Waals surface area contributed by atoms with Crippen LogP contribution in [-0.4, -0.2) is 24.5 Å². The van der Waals surface area contributed by atoms with Crippen LogP contribution in [0.4, 0.5) is 0 Å². The summed E-state index contributed by atoms with van der Waals surface area (Å²) in [5.41, 5.74) is 0. The molecule has 0 atom stereocenters. The molecule has 2 fully saturated rings. The van der Waals surface area contributed by atoms with Crippen LogP contribution in [0.25, 0.3) is 0 Å². The molecule has 0 N–H and O–H groups in total. The van der Waals surface area contributed by atoms with Crippen LogP contribution in [0.15, 0.2) is 0 Å². The molecule has 1 nitrogen and oxygen atoms in total. The third-order valence-corrected chi connectivity index (χ3v) is 4.52. The highest BCUT2D eigenvalue weighted by atomic mass is 15.1. The maximum atomic E-state index is 2.78. The second kappa shape index (κ2) is 6.64. The van der Waals surface area contributed by atoms with Crippen molar-refractivity contribution in [3.63, 3.8) is 0 Å². The van der Waals surface area contributed by atoms with Crippen molar-refractivity contribution in [3.05, 3.63) is 0 Å². The van der Waals surface area contributed by atoms with Crippen molar-refractivity contribution in [2.24, 2.45) is 11.8 Å². The zero-order chi connectivity index (χ0) is 11.2. The molecular weight excluding hydrogens is 194 g/mol. The highest BCUT2D eigenvalue weighted by Crippen LogP contribution is 2.28. The van der Waals surface area contributed by atoms with Gasteiger partial charge in [0.05, 0.1) is 0 Å². The molecule has 0 aromatic carbocycles. The Hall–Kier alpha value is -0.0400. The number of hydrogen-bond donors (Lipinski definition) is 0. The van der Waals surface area contributed by atoms with Crippen molar-refractivity contribution in [3.8, 4) is 0 Å². The van der Waals surface area contributed by atoms with Crippen molar-refractivity contribution < 1.29 is 0 Å². The smallest absolute Gasteiger partial charge is 0.000977 e. The third kappa shape index (κ3) is 3.76. The molecule has 94 valence electrons. The zero-order valence-electron chi connectivity index (χ0n) is 11.1. The Balaban J connectivity index is 1.73. The van der Waals surface area contributed by atoms with Gasteiger partial charge in [-0.15, -0.1) is 0 Å². The minimum atomic E-state index is 1.04. The van der Waals surface area contributed by atoms with Gasteiger partial charge in [-0.05, 0) is 50.5 Å². The van der Waals surface area contributed by atoms with Crippen LogP contribution >= 0.6 is 0 Å². The van der Waals surface area contributed by atoms with Gasteiger partial charge in [-0.1, -0.05) is 32.6 Å². The second-order valence-electron chi connectivity index (χ2n) is 6.06. The molecule has 0 spiro atoms. The summed E-state index contributed by atoms with van der Waals surface area (Å²) in [4.78, 5) is 2.78. The molecule has 0 saturated heterocycles. The molecule has 2 aliphatic rings. The van der Waals surface area contributed by atoms with E-state index in [2.05, 4.69) is 11.8 Å². The maximum absolute atomic E-state index is 2.78. The summed E-state index contributed by atoms with van der Waals surface area (Å²) in [5, 5.41) is 0. The van der Waals surface area contributed by atoms with Gasteiger partial charge < -0.3 is 4.90 Å². The monoisotopic (exact) mass is 223 g/mol. The molecule has 0 aromatic heterocycles. The maximum Gasteiger partial charge on any atom is 0.000977 e. The van der Waals surface area contributed by atoms with E-state index in [1.807, 2.05) is 0 Å². The topological polar surface area (TPSA) is 3.24 Å². The molecule has 0 bridgehead atoms. The van der Waals surface area contributed by atoms with E-state index in [1.165, 1.54) is 77.4 Å². The molecule has 0 aliphatic heterocycles. The van der Waals surface area contributed by atoms with Crippen LogP contribution in [-0.2, 0) is 0 Å². The van der Waals surface area contributed by atoms with Gasteiger partial charge in [0.2, 0.25) is 0 Å². The molecular formula is C15H29N. The van der Waals surface area contributed by atoms with Crippen molar-refractivity contribution in [1.82, 2.24) is 4.90 Å². The van der Waals surface area contributed by atoms with Gasteiger partial charge in [0.25, 0.3) is 0 Å². The SMILES string of the molecule is CCCN(CC1CCCC1)CC1CCCC1. The number of hydrogen-bond acceptors (Lipinski definition) is 1. The normalized spacial score (nSPS) is 23.6. The molecule has 0 unspecified atom stereocenters. The fourth-order valence-electron chi connectivity index (χ4n) is 3.69. The fraction of sp³-hybridized carbons (Fsp3) is 1.00. The summed E-state index contributed by atoms with van der Waals surface area (Å²) in [6.45, 7) is 6.48. The third-order valence-electron chi connectivity index (χ3n) is 4.52. The Morgan fingerprint density at radius 2 is 1.25 bits per heavy atom. The lowest BCUT2D eigenvalue weighted by atomic mass is 10.0. The molecule has 0 aromatic rings. The van der Waals surface area contributed by atoms with E-state index in [0.29, 0.717) is 0 Å². The van der Waals surface area contributed by atoms with Crippen molar-refractivity contribution in [2.45, 2.75) is 64.7 Å². The summed E-state index contributed by atoms with van der Waals surface area (Å²) in [6.07, 6.45) is 13.3. The van der Waals surface area contributed by atoms with Gasteiger partial charge in [0, 0.05) is 13.1 Å². The lowest BCUT2D eigenvalue weighted by molar-refractivity contribution is 0.199. The molecule has 0 heterocycles. The van der Waals surface area contributed by atoms with Crippen molar-refractivity contribution in [2.75, 3.05) is 19.6 Å². The van der Waals surface area contributed by atoms with E-state index >= 15 is 0 Å². The van der Waals surface area contributed by atoms with E-state index in [0.717, 1.165) is 11.8 Å². The summed E-state index contributed by atoms with van der Waals surface area (Å²) in [7, 11) is 0. The predicted octanol–water partition coefficient (Wildman–Crippen LogP) is 4.08. The van der Waals surface area contributed by atoms with E-state index in [4.69, 9.17) is 0 Å². The van der Waals surface area contributed by atoms with Gasteiger partial charge in [-0.2, -0.15) is 0 Å². The standard InChI is InChI=1S/C15H29N/c1-2-11-16(12-14-7-3-4-8-14)13-15-9-5-6-10-15/h14-15H,2-13H2,1H3. The first-order chi connectivity index (χ1) is 7.88. The van der Waals surface area contributed by atoms with Crippen LogP contribution in [0.3, 0.4) is 0 Å². The first kappa shape index (κ1) is 12.4. The van der Waals surface area contributed by atoms with Crippen molar-refractivity contribution in [1.29, 1.82) is 0 Å². The molecule has 0 amide bonds. The minimum Gasteiger partial charge on any atom is -0.303 e. The van der Waals surface area contributed by atoms with Crippen LogP contribution in [0.1, 0.15) is 64.7 Å². The van der Waals surface area contributed by atoms with Crippen LogP contribution < -0.4 is 0 Å². The molecule has 2 aliphatic carbocycles. The summed E-state index contributed by atoms with van der Waals surface area (Å²) >= 11 is 0. The van der Waals surface area contributed by atoms with Crippen LogP contribution in [0.2, 0.25) is 0 Å². The Morgan fingerprint density at radius 1 is 0.812 bits per heavy atom. The summed E-state index contributed by atoms with van der Waals surface area (Å²) in [6, 6.07) is 0. The molecule has 16 heavy (non-hydrogen) atoms. The minimum absolute atomic E-state index is 1.04. The largest absolute Gasteiger partial charge is 0.303 e. The zero-order valence-corrected chi connectivity index (χ0v) is 11.1. The van der Waals surface area contributed by atoms with E-state index in [-0.39, 0.29) is 0 Å². The Morgan fingerprint density at radius 3 is 1.62 bits per heavy atom. The Labute approximate surface area is 102 Å². The lowest BCUT2D eigenvalue weighted by Crippen LogP contribution is -2.33. The van der Waals surface area contributed by atoms with Crippen LogP contribution in [0.5, 0.6) is 0 Å². The lowest BCUT2D eigenvalue weighted by Gasteiger charge is -2.27.